The van der Waals surface area contributed by atoms with Crippen molar-refractivity contribution in [2.24, 2.45) is 5.16 Å². The van der Waals surface area contributed by atoms with Crippen molar-refractivity contribution < 1.29 is 24.7 Å². The summed E-state index contributed by atoms with van der Waals surface area (Å²) in [6.45, 7) is 0. The average molecular weight is 496 g/mol. The molecule has 32 heavy (non-hydrogen) atoms. The maximum Gasteiger partial charge on any atom is 0.353 e. The largest absolute Gasteiger partial charge is 0.477 e. The molecular formula is C17H14ClN7O5S2. The van der Waals surface area contributed by atoms with Crippen molar-refractivity contribution >= 4 is 63.3 Å². The van der Waals surface area contributed by atoms with Gasteiger partial charge in [-0.3, -0.25) is 14.5 Å². The Labute approximate surface area is 193 Å². The van der Waals surface area contributed by atoms with E-state index in [9.17, 15) is 24.7 Å². The number of thioether (sulfide) groups is 1. The van der Waals surface area contributed by atoms with E-state index in [0.29, 0.717) is 22.6 Å². The van der Waals surface area contributed by atoms with Gasteiger partial charge in [-0.25, -0.2) is 9.78 Å². The number of oxime groups is 1. The second-order valence-corrected chi connectivity index (χ2v) is 9.45. The van der Waals surface area contributed by atoms with Gasteiger partial charge in [-0.05, 0) is 18.9 Å². The van der Waals surface area contributed by atoms with E-state index in [1.54, 1.807) is 6.07 Å². The Morgan fingerprint density at radius 1 is 1.41 bits per heavy atom. The van der Waals surface area contributed by atoms with Gasteiger partial charge in [-0.2, -0.15) is 10.2 Å². The molecule has 4 heterocycles. The van der Waals surface area contributed by atoms with Gasteiger partial charge in [0.25, 0.3) is 11.8 Å². The number of fused-ring (bicyclic) bond motifs is 1. The molecule has 0 spiro atoms. The van der Waals surface area contributed by atoms with Crippen LogP contribution in [0.2, 0.25) is 4.34 Å². The number of carboxylic acids is 1. The number of rotatable bonds is 6. The molecule has 2 aromatic heterocycles. The molecule has 2 atom stereocenters. The number of nitrogen functional groups attached to an aromatic ring is 1. The molecule has 0 saturated carbocycles. The molecule has 0 radical (unpaired) electrons. The van der Waals surface area contributed by atoms with E-state index in [4.69, 9.17) is 17.3 Å². The minimum atomic E-state index is -1.25. The van der Waals surface area contributed by atoms with Gasteiger partial charge in [-0.1, -0.05) is 39.9 Å². The van der Waals surface area contributed by atoms with Gasteiger partial charge in [-0.15, -0.1) is 0 Å². The van der Waals surface area contributed by atoms with Crippen molar-refractivity contribution in [1.82, 2.24) is 25.4 Å². The number of allylic oxidation sites excluding steroid dienone is 1. The van der Waals surface area contributed by atoms with E-state index in [1.165, 1.54) is 24.2 Å². The van der Waals surface area contributed by atoms with E-state index in [-0.39, 0.29) is 20.9 Å². The average Bonchev–Trinajstić information content (AvgIpc) is 3.10. The molecule has 2 amide bonds. The Hall–Kier alpha value is -3.23. The van der Waals surface area contributed by atoms with Crippen molar-refractivity contribution in [2.45, 2.75) is 29.8 Å². The third-order valence-electron chi connectivity index (χ3n) is 4.82. The number of carboxylic acid groups (broad SMARTS) is 1. The van der Waals surface area contributed by atoms with Crippen LogP contribution in [0.4, 0.5) is 5.13 Å². The smallest absolute Gasteiger partial charge is 0.353 e. The molecule has 0 bridgehead atoms. The van der Waals surface area contributed by atoms with Crippen LogP contribution in [0.1, 0.15) is 18.5 Å². The molecule has 2 aliphatic rings. The molecule has 2 aromatic rings. The number of carbonyl (C=O) groups is 3. The molecule has 15 heteroatoms. The zero-order chi connectivity index (χ0) is 23.0. The van der Waals surface area contributed by atoms with Gasteiger partial charge < -0.3 is 21.4 Å². The number of halogens is 1. The Balaban J connectivity index is 1.53. The number of hydrogen-bond donors (Lipinski definition) is 4. The molecule has 1 saturated heterocycles. The SMILES string of the molecule is Nc1nc(/C(=N/O)C(=O)N[C@@H]2C(=O)N3C(C(=O)O)=C(Sc4ccnnc4)CCC23)c(Cl)s1. The quantitative estimate of drug-likeness (QED) is 0.194. The number of nitrogens with two attached hydrogens (primary N) is 1. The summed E-state index contributed by atoms with van der Waals surface area (Å²) in [6.07, 6.45) is 3.78. The summed E-state index contributed by atoms with van der Waals surface area (Å²) in [7, 11) is 0. The molecule has 1 fully saturated rings. The van der Waals surface area contributed by atoms with Crippen LogP contribution in [0.25, 0.3) is 0 Å². The molecule has 1 unspecified atom stereocenters. The molecule has 2 aliphatic heterocycles. The second-order valence-electron chi connectivity index (χ2n) is 6.65. The molecular weight excluding hydrogens is 482 g/mol. The van der Waals surface area contributed by atoms with Crippen molar-refractivity contribution in [3.8, 4) is 0 Å². The number of amides is 2. The van der Waals surface area contributed by atoms with Crippen LogP contribution < -0.4 is 11.1 Å². The Morgan fingerprint density at radius 2 is 2.19 bits per heavy atom. The van der Waals surface area contributed by atoms with Gasteiger partial charge in [0.2, 0.25) is 0 Å². The lowest BCUT2D eigenvalue weighted by molar-refractivity contribution is -0.155. The van der Waals surface area contributed by atoms with Gasteiger partial charge >= 0.3 is 5.97 Å². The summed E-state index contributed by atoms with van der Waals surface area (Å²) < 4.78 is 0.0491. The highest BCUT2D eigenvalue weighted by atomic mass is 35.5. The summed E-state index contributed by atoms with van der Waals surface area (Å²) in [5.74, 6) is -2.73. The third kappa shape index (κ3) is 3.87. The summed E-state index contributed by atoms with van der Waals surface area (Å²) >= 11 is 8.06. The predicted octanol–water partition coefficient (Wildman–Crippen LogP) is 0.925. The summed E-state index contributed by atoms with van der Waals surface area (Å²) in [6, 6.07) is 0.134. The minimum Gasteiger partial charge on any atom is -0.477 e. The number of β-lactam (4-membered cyclic amide) rings is 1. The molecule has 5 N–H and O–H groups in total. The number of thiazole rings is 1. The minimum absolute atomic E-state index is 0.0491. The second kappa shape index (κ2) is 8.72. The fourth-order valence-electron chi connectivity index (χ4n) is 3.48. The number of nitrogens with zero attached hydrogens (tertiary/aromatic N) is 5. The lowest BCUT2D eigenvalue weighted by atomic mass is 9.86. The van der Waals surface area contributed by atoms with Gasteiger partial charge in [0.05, 0.1) is 18.4 Å². The molecule has 0 aliphatic carbocycles. The molecule has 166 valence electrons. The fraction of sp³-hybridized carbons (Fsp3) is 0.235. The van der Waals surface area contributed by atoms with Crippen molar-refractivity contribution in [3.05, 3.63) is 39.1 Å². The monoisotopic (exact) mass is 495 g/mol. The summed E-state index contributed by atoms with van der Waals surface area (Å²) in [5.41, 5.74) is 4.81. The maximum absolute atomic E-state index is 12.8. The van der Waals surface area contributed by atoms with E-state index < -0.39 is 35.6 Å². The highest BCUT2D eigenvalue weighted by Crippen LogP contribution is 2.43. The number of aliphatic carboxylic acids is 1. The van der Waals surface area contributed by atoms with Gasteiger partial charge in [0.1, 0.15) is 21.8 Å². The van der Waals surface area contributed by atoms with Crippen LogP contribution >= 0.6 is 34.7 Å². The Kier molecular flexibility index (Phi) is 5.99. The number of anilines is 1. The Morgan fingerprint density at radius 3 is 2.78 bits per heavy atom. The van der Waals surface area contributed by atoms with E-state index in [1.807, 2.05) is 0 Å². The highest BCUT2D eigenvalue weighted by molar-refractivity contribution is 8.03. The first kappa shape index (κ1) is 22.0. The summed E-state index contributed by atoms with van der Waals surface area (Å²) in [4.78, 5) is 43.6. The van der Waals surface area contributed by atoms with E-state index >= 15 is 0 Å². The lowest BCUT2D eigenvalue weighted by Gasteiger charge is -2.50. The topological polar surface area (TPSA) is 184 Å². The van der Waals surface area contributed by atoms with Crippen molar-refractivity contribution in [3.63, 3.8) is 0 Å². The van der Waals surface area contributed by atoms with Crippen LogP contribution in [-0.2, 0) is 14.4 Å². The van der Waals surface area contributed by atoms with Crippen LogP contribution in [0.5, 0.6) is 0 Å². The molecule has 12 nitrogen and oxygen atoms in total. The lowest BCUT2D eigenvalue weighted by Crippen LogP contribution is -2.72. The number of aromatic nitrogens is 3. The zero-order valence-corrected chi connectivity index (χ0v) is 18.3. The van der Waals surface area contributed by atoms with Crippen LogP contribution in [-0.4, -0.2) is 66.0 Å². The van der Waals surface area contributed by atoms with Crippen molar-refractivity contribution in [2.75, 3.05) is 5.73 Å². The standard InChI is InChI=1S/C17H14ClN7O5S2/c18-13-10(23-17(19)32-13)11(24-30)14(26)22-9-7-1-2-8(31-6-3-4-20-21-5-6)12(16(28)29)25(7)15(9)27/h3-5,7,9,30H,1-2H2,(H2,19,23)(H,22,26)(H,28,29)/b24-11-/t7?,9-/m0/s1. The Bertz CT molecular complexity index is 1170. The molecule has 0 aromatic carbocycles. The van der Waals surface area contributed by atoms with Crippen LogP contribution in [0.15, 0.2) is 39.1 Å². The van der Waals surface area contributed by atoms with Crippen molar-refractivity contribution in [1.29, 1.82) is 0 Å². The van der Waals surface area contributed by atoms with Gasteiger partial charge in [0.15, 0.2) is 10.8 Å². The normalized spacial score (nSPS) is 20.6. The predicted molar refractivity (Wildman–Crippen MR) is 114 cm³/mol. The first-order chi connectivity index (χ1) is 15.3. The van der Waals surface area contributed by atoms with Crippen LogP contribution in [0.3, 0.4) is 0 Å². The van der Waals surface area contributed by atoms with Crippen LogP contribution in [0, 0.1) is 0 Å². The first-order valence-electron chi connectivity index (χ1n) is 9.01. The summed E-state index contributed by atoms with van der Waals surface area (Å²) in [5, 5.41) is 31.9. The zero-order valence-electron chi connectivity index (χ0n) is 15.9. The third-order valence-corrected chi connectivity index (χ3v) is 7.03. The number of carbonyl (C=O) groups excluding carboxylic acids is 2. The van der Waals surface area contributed by atoms with Gasteiger partial charge in [0, 0.05) is 9.80 Å². The highest BCUT2D eigenvalue weighted by Gasteiger charge is 2.53. The number of hydrogen-bond acceptors (Lipinski definition) is 11. The maximum atomic E-state index is 12.8. The van der Waals surface area contributed by atoms with E-state index in [0.717, 1.165) is 16.2 Å². The van der Waals surface area contributed by atoms with E-state index in [2.05, 4.69) is 25.7 Å². The number of nitrogens with one attached hydrogen (secondary N) is 1. The first-order valence-corrected chi connectivity index (χ1v) is 11.0. The molecule has 4 rings (SSSR count). The fourth-order valence-corrected chi connectivity index (χ4v) is 5.43.